The third kappa shape index (κ3) is 5.93. The van der Waals surface area contributed by atoms with E-state index in [0.717, 1.165) is 48.6 Å². The van der Waals surface area contributed by atoms with Gasteiger partial charge in [-0.2, -0.15) is 0 Å². The molecule has 1 aromatic rings. The molecular weight excluding hydrogens is 294 g/mol. The quantitative estimate of drug-likeness (QED) is 0.620. The van der Waals surface area contributed by atoms with Crippen LogP contribution in [0.5, 0.6) is 0 Å². The van der Waals surface area contributed by atoms with Gasteiger partial charge in [0.25, 0.3) is 0 Å². The summed E-state index contributed by atoms with van der Waals surface area (Å²) in [6, 6.07) is 0. The summed E-state index contributed by atoms with van der Waals surface area (Å²) in [7, 11) is 1.82. The maximum Gasteiger partial charge on any atom is 0.191 e. The lowest BCUT2D eigenvalue weighted by Gasteiger charge is -2.30. The zero-order valence-electron chi connectivity index (χ0n) is 14.1. The molecular formula is C16H29N5S. The summed E-state index contributed by atoms with van der Waals surface area (Å²) in [5.41, 5.74) is 1.16. The number of guanidine groups is 1. The highest BCUT2D eigenvalue weighted by atomic mass is 32.1. The van der Waals surface area contributed by atoms with Crippen LogP contribution in [0.15, 0.2) is 10.4 Å². The van der Waals surface area contributed by atoms with Crippen molar-refractivity contribution in [1.82, 2.24) is 20.5 Å². The van der Waals surface area contributed by atoms with Crippen LogP contribution in [-0.4, -0.2) is 55.6 Å². The largest absolute Gasteiger partial charge is 0.356 e. The summed E-state index contributed by atoms with van der Waals surface area (Å²) in [4.78, 5) is 11.3. The van der Waals surface area contributed by atoms with E-state index < -0.39 is 0 Å². The van der Waals surface area contributed by atoms with Crippen LogP contribution < -0.4 is 10.6 Å². The lowest BCUT2D eigenvalue weighted by molar-refractivity contribution is 0.195. The Hall–Kier alpha value is -1.14. The highest BCUT2D eigenvalue weighted by Crippen LogP contribution is 2.15. The first-order chi connectivity index (χ1) is 10.7. The Morgan fingerprint density at radius 3 is 2.73 bits per heavy atom. The van der Waals surface area contributed by atoms with Crippen LogP contribution in [0.4, 0.5) is 0 Å². The Morgan fingerprint density at radius 1 is 1.36 bits per heavy atom. The Bertz CT molecular complexity index is 463. The van der Waals surface area contributed by atoms with Crippen LogP contribution in [0, 0.1) is 12.8 Å². The normalized spacial score (nSPS) is 17.7. The summed E-state index contributed by atoms with van der Waals surface area (Å²) in [5.74, 6) is 1.78. The molecule has 2 heterocycles. The molecule has 1 aliphatic heterocycles. The van der Waals surface area contributed by atoms with Gasteiger partial charge in [-0.3, -0.25) is 4.99 Å². The molecule has 0 aromatic carbocycles. The minimum Gasteiger partial charge on any atom is -0.356 e. The monoisotopic (exact) mass is 323 g/mol. The fraction of sp³-hybridized carbons (Fsp3) is 0.750. The molecule has 1 aromatic heterocycles. The second-order valence-electron chi connectivity index (χ2n) is 6.06. The Labute approximate surface area is 138 Å². The van der Waals surface area contributed by atoms with Crippen LogP contribution in [0.1, 0.15) is 30.5 Å². The van der Waals surface area contributed by atoms with E-state index in [1.54, 1.807) is 11.3 Å². The molecule has 0 unspecified atom stereocenters. The number of likely N-dealkylation sites (tertiary alicyclic amines) is 1. The second-order valence-corrected chi connectivity index (χ2v) is 7.12. The zero-order valence-corrected chi connectivity index (χ0v) is 14.9. The molecule has 0 radical (unpaired) electrons. The molecule has 0 bridgehead atoms. The van der Waals surface area contributed by atoms with Gasteiger partial charge in [-0.05, 0) is 38.8 Å². The maximum atomic E-state index is 4.47. The van der Waals surface area contributed by atoms with Gasteiger partial charge in [-0.25, -0.2) is 4.98 Å². The number of aryl methyl sites for hydroxylation is 1. The predicted molar refractivity (Wildman–Crippen MR) is 94.8 cm³/mol. The van der Waals surface area contributed by atoms with E-state index in [1.807, 2.05) is 14.0 Å². The smallest absolute Gasteiger partial charge is 0.191 e. The molecule has 0 amide bonds. The van der Waals surface area contributed by atoms with Crippen molar-refractivity contribution in [3.63, 3.8) is 0 Å². The molecule has 0 aliphatic carbocycles. The molecule has 5 nitrogen and oxygen atoms in total. The molecule has 1 fully saturated rings. The summed E-state index contributed by atoms with van der Waals surface area (Å²) in [6.07, 6.45) is 3.61. The molecule has 0 saturated carbocycles. The number of hydrogen-bond acceptors (Lipinski definition) is 4. The highest BCUT2D eigenvalue weighted by molar-refractivity contribution is 7.09. The van der Waals surface area contributed by atoms with Gasteiger partial charge in [0, 0.05) is 38.5 Å². The van der Waals surface area contributed by atoms with E-state index in [2.05, 4.69) is 37.8 Å². The number of aromatic nitrogens is 1. The fourth-order valence-electron chi connectivity index (χ4n) is 2.67. The molecule has 22 heavy (non-hydrogen) atoms. The van der Waals surface area contributed by atoms with Gasteiger partial charge >= 0.3 is 0 Å². The molecule has 1 saturated heterocycles. The van der Waals surface area contributed by atoms with E-state index >= 15 is 0 Å². The number of thiazole rings is 1. The van der Waals surface area contributed by atoms with Crippen LogP contribution in [-0.2, 0) is 6.42 Å². The lowest BCUT2D eigenvalue weighted by atomic mass is 9.99. The molecule has 0 spiro atoms. The van der Waals surface area contributed by atoms with Crippen LogP contribution in [0.3, 0.4) is 0 Å². The number of hydrogen-bond donors (Lipinski definition) is 2. The van der Waals surface area contributed by atoms with Gasteiger partial charge in [0.15, 0.2) is 5.96 Å². The number of aliphatic imine (C=N–C) groups is 1. The predicted octanol–water partition coefficient (Wildman–Crippen LogP) is 1.89. The third-order valence-corrected chi connectivity index (χ3v) is 4.98. The number of nitrogens with zero attached hydrogens (tertiary/aromatic N) is 3. The van der Waals surface area contributed by atoms with Crippen molar-refractivity contribution in [2.75, 3.05) is 39.8 Å². The second kappa shape index (κ2) is 9.10. The summed E-state index contributed by atoms with van der Waals surface area (Å²) < 4.78 is 0. The third-order valence-electron chi connectivity index (χ3n) is 4.16. The van der Waals surface area contributed by atoms with Gasteiger partial charge in [0.2, 0.25) is 0 Å². The Morgan fingerprint density at radius 2 is 2.09 bits per heavy atom. The lowest BCUT2D eigenvalue weighted by Crippen LogP contribution is -2.43. The van der Waals surface area contributed by atoms with Gasteiger partial charge in [0.05, 0.1) is 10.7 Å². The number of nitrogens with one attached hydrogen (secondary N) is 2. The first kappa shape index (κ1) is 17.2. The standard InChI is InChI=1S/C16H29N5S/c1-13-5-9-21(10-6-13)11-8-19-16(17-3)18-7-4-15-12-22-14(2)20-15/h12-13H,4-11H2,1-3H3,(H2,17,18,19). The van der Waals surface area contributed by atoms with E-state index in [0.29, 0.717) is 0 Å². The first-order valence-electron chi connectivity index (χ1n) is 8.25. The van der Waals surface area contributed by atoms with Crippen molar-refractivity contribution in [1.29, 1.82) is 0 Å². The van der Waals surface area contributed by atoms with E-state index in [1.165, 1.54) is 25.9 Å². The summed E-state index contributed by atoms with van der Waals surface area (Å²) in [6.45, 7) is 9.78. The zero-order chi connectivity index (χ0) is 15.8. The van der Waals surface area contributed by atoms with Crippen LogP contribution in [0.2, 0.25) is 0 Å². The van der Waals surface area contributed by atoms with Crippen molar-refractivity contribution < 1.29 is 0 Å². The van der Waals surface area contributed by atoms with Crippen molar-refractivity contribution >= 4 is 17.3 Å². The summed E-state index contributed by atoms with van der Waals surface area (Å²) in [5, 5.41) is 10.0. The van der Waals surface area contributed by atoms with Gasteiger partial charge in [-0.1, -0.05) is 6.92 Å². The minimum atomic E-state index is 0.865. The van der Waals surface area contributed by atoms with E-state index in [9.17, 15) is 0 Å². The van der Waals surface area contributed by atoms with Gasteiger partial charge < -0.3 is 15.5 Å². The molecule has 1 aliphatic rings. The van der Waals surface area contributed by atoms with Crippen molar-refractivity contribution in [3.8, 4) is 0 Å². The van der Waals surface area contributed by atoms with E-state index in [4.69, 9.17) is 0 Å². The van der Waals surface area contributed by atoms with Crippen molar-refractivity contribution in [3.05, 3.63) is 16.1 Å². The van der Waals surface area contributed by atoms with E-state index in [-0.39, 0.29) is 0 Å². The van der Waals surface area contributed by atoms with Gasteiger partial charge in [-0.15, -0.1) is 11.3 Å². The molecule has 2 rings (SSSR count). The Kier molecular flexibility index (Phi) is 7.12. The summed E-state index contributed by atoms with van der Waals surface area (Å²) >= 11 is 1.71. The maximum absolute atomic E-state index is 4.47. The average Bonchev–Trinajstić information content (AvgIpc) is 2.93. The molecule has 6 heteroatoms. The topological polar surface area (TPSA) is 52.6 Å². The average molecular weight is 324 g/mol. The minimum absolute atomic E-state index is 0.865. The number of rotatable bonds is 6. The molecule has 124 valence electrons. The first-order valence-corrected chi connectivity index (χ1v) is 9.13. The van der Waals surface area contributed by atoms with Gasteiger partial charge in [0.1, 0.15) is 0 Å². The fourth-order valence-corrected chi connectivity index (χ4v) is 3.32. The van der Waals surface area contributed by atoms with Crippen LogP contribution in [0.25, 0.3) is 0 Å². The SMILES string of the molecule is CN=C(NCCc1csc(C)n1)NCCN1CCC(C)CC1. The molecule has 0 atom stereocenters. The highest BCUT2D eigenvalue weighted by Gasteiger charge is 2.14. The van der Waals surface area contributed by atoms with Crippen molar-refractivity contribution in [2.24, 2.45) is 10.9 Å². The van der Waals surface area contributed by atoms with Crippen molar-refractivity contribution in [2.45, 2.75) is 33.1 Å². The molecule has 2 N–H and O–H groups in total. The van der Waals surface area contributed by atoms with Crippen LogP contribution >= 0.6 is 11.3 Å². The number of piperidine rings is 1. The Balaban J connectivity index is 1.59.